The predicted octanol–water partition coefficient (Wildman–Crippen LogP) is -2.66. The van der Waals surface area contributed by atoms with Crippen molar-refractivity contribution in [3.63, 3.8) is 0 Å². The van der Waals surface area contributed by atoms with Gasteiger partial charge in [-0.1, -0.05) is 36.9 Å². The molecule has 2 heterocycles. The quantitative estimate of drug-likeness (QED) is 0.208. The van der Waals surface area contributed by atoms with E-state index in [9.17, 15) is 35.7 Å². The Labute approximate surface area is 178 Å². The maximum Gasteiger partial charge on any atom is 0.224 e. The Kier molecular flexibility index (Phi) is 7.65. The summed E-state index contributed by atoms with van der Waals surface area (Å²) in [7, 11) is 0. The zero-order valence-electron chi connectivity index (χ0n) is 16.6. The van der Waals surface area contributed by atoms with Crippen molar-refractivity contribution in [1.29, 1.82) is 0 Å². The molecule has 31 heavy (non-hydrogen) atoms. The molecule has 2 fully saturated rings. The standard InChI is InChI=1S/C20H28O11/c1-10(28-8-11-5-3-2-4-6-11)17-15(25)14(24)16(26)19(29-17)31-20(9-22)18(27)13(23)12(7-21)30-20/h2-6,12-19,21-27H,1,7-9H2/t12-,13?,14+,15-,16?,17?,18?,19-,20+/m1/s1. The number of benzene rings is 1. The van der Waals surface area contributed by atoms with Gasteiger partial charge in [0.25, 0.3) is 0 Å². The topological polar surface area (TPSA) is 179 Å². The Morgan fingerprint density at radius 3 is 2.23 bits per heavy atom. The molecule has 1 aromatic carbocycles. The van der Waals surface area contributed by atoms with Crippen molar-refractivity contribution >= 4 is 0 Å². The maximum absolute atomic E-state index is 10.3. The molecule has 7 N–H and O–H groups in total. The van der Waals surface area contributed by atoms with Crippen molar-refractivity contribution < 1.29 is 54.7 Å². The first-order chi connectivity index (χ1) is 14.7. The van der Waals surface area contributed by atoms with Crippen molar-refractivity contribution in [1.82, 2.24) is 0 Å². The van der Waals surface area contributed by atoms with E-state index in [4.69, 9.17) is 18.9 Å². The monoisotopic (exact) mass is 444 g/mol. The van der Waals surface area contributed by atoms with E-state index in [0.29, 0.717) is 0 Å². The van der Waals surface area contributed by atoms with Crippen LogP contribution in [0.3, 0.4) is 0 Å². The summed E-state index contributed by atoms with van der Waals surface area (Å²) in [5, 5.41) is 70.1. The SMILES string of the molecule is C=C(OCc1ccccc1)C1O[C@H](O[C@]2(CO)O[C@H](CO)C(O)C2O)C(O)[C@@H](O)[C@H]1O. The Bertz CT molecular complexity index is 731. The van der Waals surface area contributed by atoms with Gasteiger partial charge in [0, 0.05) is 0 Å². The molecule has 2 saturated heterocycles. The van der Waals surface area contributed by atoms with E-state index < -0.39 is 68.0 Å². The second kappa shape index (κ2) is 9.88. The highest BCUT2D eigenvalue weighted by Gasteiger charge is 2.58. The number of hydrogen-bond donors (Lipinski definition) is 7. The van der Waals surface area contributed by atoms with Gasteiger partial charge in [0.1, 0.15) is 61.7 Å². The van der Waals surface area contributed by atoms with Crippen LogP contribution in [-0.4, -0.2) is 104 Å². The summed E-state index contributed by atoms with van der Waals surface area (Å²) in [5.74, 6) is -2.31. The average molecular weight is 444 g/mol. The van der Waals surface area contributed by atoms with Crippen LogP contribution in [0.25, 0.3) is 0 Å². The number of hydrogen-bond acceptors (Lipinski definition) is 11. The first-order valence-electron chi connectivity index (χ1n) is 9.72. The van der Waals surface area contributed by atoms with Crippen molar-refractivity contribution in [2.75, 3.05) is 13.2 Å². The second-order valence-corrected chi connectivity index (χ2v) is 7.50. The van der Waals surface area contributed by atoms with Crippen LogP contribution in [0.1, 0.15) is 5.56 Å². The second-order valence-electron chi connectivity index (χ2n) is 7.50. The van der Waals surface area contributed by atoms with Crippen LogP contribution in [0, 0.1) is 0 Å². The Balaban J connectivity index is 1.72. The molecule has 0 saturated carbocycles. The molecule has 0 amide bonds. The van der Waals surface area contributed by atoms with Crippen LogP contribution >= 0.6 is 0 Å². The third-order valence-corrected chi connectivity index (χ3v) is 5.38. The first-order valence-corrected chi connectivity index (χ1v) is 9.72. The summed E-state index contributed by atoms with van der Waals surface area (Å²) in [6, 6.07) is 9.07. The minimum absolute atomic E-state index is 0.0601. The van der Waals surface area contributed by atoms with Gasteiger partial charge in [0.2, 0.25) is 5.79 Å². The van der Waals surface area contributed by atoms with Crippen LogP contribution in [0.15, 0.2) is 42.7 Å². The molecule has 0 radical (unpaired) electrons. The molecule has 4 unspecified atom stereocenters. The number of aliphatic hydroxyl groups excluding tert-OH is 7. The lowest BCUT2D eigenvalue weighted by atomic mass is 9.97. The van der Waals surface area contributed by atoms with Gasteiger partial charge >= 0.3 is 0 Å². The van der Waals surface area contributed by atoms with E-state index in [1.165, 1.54) is 0 Å². The lowest BCUT2D eigenvalue weighted by Gasteiger charge is -2.43. The summed E-state index contributed by atoms with van der Waals surface area (Å²) in [6.45, 7) is 2.16. The van der Waals surface area contributed by atoms with Crippen LogP contribution in [0.2, 0.25) is 0 Å². The molecule has 9 atom stereocenters. The molecule has 0 spiro atoms. The summed E-state index contributed by atoms with van der Waals surface area (Å²) >= 11 is 0. The first kappa shape index (κ1) is 24.0. The molecule has 11 heteroatoms. The molecular formula is C20H28O11. The van der Waals surface area contributed by atoms with Crippen LogP contribution in [-0.2, 0) is 25.6 Å². The Hall–Kier alpha value is -1.64. The van der Waals surface area contributed by atoms with Crippen molar-refractivity contribution in [3.05, 3.63) is 48.2 Å². The molecule has 2 aliphatic heterocycles. The van der Waals surface area contributed by atoms with Gasteiger partial charge in [-0.3, -0.25) is 0 Å². The molecule has 1 aromatic rings. The van der Waals surface area contributed by atoms with E-state index >= 15 is 0 Å². The van der Waals surface area contributed by atoms with Gasteiger partial charge in [-0.05, 0) is 5.56 Å². The lowest BCUT2D eigenvalue weighted by molar-refractivity contribution is -0.380. The molecule has 2 aliphatic rings. The summed E-state index contributed by atoms with van der Waals surface area (Å²) in [5.41, 5.74) is 0.813. The van der Waals surface area contributed by atoms with E-state index in [2.05, 4.69) is 6.58 Å². The van der Waals surface area contributed by atoms with E-state index in [-0.39, 0.29) is 12.4 Å². The van der Waals surface area contributed by atoms with Gasteiger partial charge in [0.15, 0.2) is 6.29 Å². The largest absolute Gasteiger partial charge is 0.491 e. The third kappa shape index (κ3) is 4.76. The third-order valence-electron chi connectivity index (χ3n) is 5.38. The Morgan fingerprint density at radius 1 is 0.968 bits per heavy atom. The van der Waals surface area contributed by atoms with E-state index in [1.54, 1.807) is 0 Å². The van der Waals surface area contributed by atoms with Gasteiger partial charge in [-0.25, -0.2) is 0 Å². The highest BCUT2D eigenvalue weighted by atomic mass is 16.8. The zero-order valence-corrected chi connectivity index (χ0v) is 16.6. The fraction of sp³-hybridized carbons (Fsp3) is 0.600. The molecule has 3 rings (SSSR count). The van der Waals surface area contributed by atoms with Crippen LogP contribution in [0.5, 0.6) is 0 Å². The molecule has 0 bridgehead atoms. The van der Waals surface area contributed by atoms with Crippen molar-refractivity contribution in [2.24, 2.45) is 0 Å². The maximum atomic E-state index is 10.3. The molecule has 174 valence electrons. The minimum Gasteiger partial charge on any atom is -0.491 e. The average Bonchev–Trinajstić information content (AvgIpc) is 3.03. The smallest absolute Gasteiger partial charge is 0.224 e. The summed E-state index contributed by atoms with van der Waals surface area (Å²) in [6.07, 6.45) is -12.9. The van der Waals surface area contributed by atoms with E-state index in [1.807, 2.05) is 30.3 Å². The molecule has 0 aromatic heterocycles. The van der Waals surface area contributed by atoms with Gasteiger partial charge < -0.3 is 54.7 Å². The lowest BCUT2D eigenvalue weighted by Crippen LogP contribution is -2.62. The highest BCUT2D eigenvalue weighted by molar-refractivity contribution is 5.14. The fourth-order valence-electron chi connectivity index (χ4n) is 3.51. The normalized spacial score (nSPS) is 40.6. The van der Waals surface area contributed by atoms with Gasteiger partial charge in [-0.2, -0.15) is 0 Å². The number of ether oxygens (including phenoxy) is 4. The van der Waals surface area contributed by atoms with Crippen molar-refractivity contribution in [2.45, 2.75) is 61.4 Å². The molecule has 0 aliphatic carbocycles. The van der Waals surface area contributed by atoms with Crippen LogP contribution < -0.4 is 0 Å². The molecular weight excluding hydrogens is 416 g/mol. The van der Waals surface area contributed by atoms with Crippen molar-refractivity contribution in [3.8, 4) is 0 Å². The van der Waals surface area contributed by atoms with Crippen LogP contribution in [0.4, 0.5) is 0 Å². The Morgan fingerprint density at radius 2 is 1.65 bits per heavy atom. The molecule has 11 nitrogen and oxygen atoms in total. The zero-order chi connectivity index (χ0) is 22.8. The minimum atomic E-state index is -2.25. The van der Waals surface area contributed by atoms with Gasteiger partial charge in [0.05, 0.1) is 6.61 Å². The predicted molar refractivity (Wildman–Crippen MR) is 102 cm³/mol. The van der Waals surface area contributed by atoms with Gasteiger partial charge in [-0.15, -0.1) is 0 Å². The summed E-state index contributed by atoms with van der Waals surface area (Å²) < 4.78 is 21.8. The number of rotatable bonds is 8. The highest BCUT2D eigenvalue weighted by Crippen LogP contribution is 2.36. The summed E-state index contributed by atoms with van der Waals surface area (Å²) in [4.78, 5) is 0. The fourth-order valence-corrected chi connectivity index (χ4v) is 3.51. The van der Waals surface area contributed by atoms with E-state index in [0.717, 1.165) is 5.56 Å². The number of aliphatic hydroxyl groups is 7.